The Kier molecular flexibility index (Phi) is 18.7. The summed E-state index contributed by atoms with van der Waals surface area (Å²) in [5.74, 6) is -2.48. The number of piperazine rings is 1. The summed E-state index contributed by atoms with van der Waals surface area (Å²) in [6.07, 6.45) is 8.89. The standard InChI is InChI=1S/C56H67N11O11S/c1-56(2,3)44(68)32-45(57)62-54(76)60-36-15-13-35(14-16-36)39-33-66-40-18-17-37(31-43(40)79-55(66)61-39)77-30-29-64-25-27-65(28-26-64)49(72)22-21-46(69)58-23-8-6-4-5-7-9-24-59-48(71)34-78-42-12-10-11-38-50(42)53(75)67(52(38)74)41-19-20-47(70)63-51(41)73/h10-18,31-33,41,68H,4-9,19-30,34H2,1-3H3,(H,58,69)(H,59,71)(H,63,70,73)(H3,57,60,62,76)/b44-32-. The molecule has 2 saturated heterocycles. The van der Waals surface area contributed by atoms with Crippen LogP contribution < -0.4 is 36.1 Å². The molecule has 0 bridgehead atoms. The number of piperidine rings is 1. The van der Waals surface area contributed by atoms with E-state index in [9.17, 15) is 43.5 Å². The summed E-state index contributed by atoms with van der Waals surface area (Å²) in [6, 6.07) is 16.0. The van der Waals surface area contributed by atoms with E-state index in [4.69, 9.17) is 19.9 Å². The molecule has 7 N–H and O–H groups in total. The number of urea groups is 1. The first-order valence-corrected chi connectivity index (χ1v) is 27.5. The normalized spacial score (nSPS) is 16.0. The molecule has 0 radical (unpaired) electrons. The number of carbonyl (C=O) groups excluding carboxylic acids is 8. The van der Waals surface area contributed by atoms with Crippen molar-refractivity contribution in [3.05, 3.63) is 89.8 Å². The van der Waals surface area contributed by atoms with Crippen LogP contribution in [-0.2, 0) is 24.0 Å². The van der Waals surface area contributed by atoms with Crippen molar-refractivity contribution in [3.8, 4) is 22.8 Å². The van der Waals surface area contributed by atoms with Gasteiger partial charge in [0.25, 0.3) is 17.7 Å². The van der Waals surface area contributed by atoms with Gasteiger partial charge in [0, 0.05) is 94.0 Å². The molecule has 5 aromatic rings. The number of aromatic nitrogens is 2. The number of rotatable bonds is 23. The molecule has 3 aliphatic heterocycles. The van der Waals surface area contributed by atoms with Crippen LogP contribution in [0.15, 0.2) is 78.7 Å². The zero-order valence-electron chi connectivity index (χ0n) is 44.6. The fourth-order valence-electron chi connectivity index (χ4n) is 9.30. The number of benzene rings is 3. The van der Waals surface area contributed by atoms with Gasteiger partial charge in [-0.3, -0.25) is 63.8 Å². The number of anilines is 1. The van der Waals surface area contributed by atoms with Crippen LogP contribution in [0.1, 0.15) is 106 Å². The van der Waals surface area contributed by atoms with Crippen molar-refractivity contribution in [1.29, 1.82) is 5.41 Å². The van der Waals surface area contributed by atoms with E-state index in [1.807, 2.05) is 45.8 Å². The average molecular weight is 1100 g/mol. The van der Waals surface area contributed by atoms with Crippen LogP contribution in [0.5, 0.6) is 11.5 Å². The van der Waals surface area contributed by atoms with E-state index in [1.165, 1.54) is 24.3 Å². The molecule has 2 aromatic heterocycles. The number of carbonyl (C=O) groups is 8. The maximum atomic E-state index is 13.2. The summed E-state index contributed by atoms with van der Waals surface area (Å²) in [6.45, 7) is 9.87. The SMILES string of the molecule is CC(C)(C)/C(O)=C/C(=N)NC(=O)Nc1ccc(-c2cn3c(n2)sc2cc(OCCN4CCN(C(=O)CCC(=O)NCCCCCCCCNC(=O)COc5cccc6c5C(=O)N(C5CCC(=O)NC5=O)C6=O)CC4)ccc23)cc1. The second-order valence-electron chi connectivity index (χ2n) is 20.7. The zero-order valence-corrected chi connectivity index (χ0v) is 45.4. The lowest BCUT2D eigenvalue weighted by Gasteiger charge is -2.34. The second-order valence-corrected chi connectivity index (χ2v) is 21.7. The lowest BCUT2D eigenvalue weighted by Crippen LogP contribution is -2.54. The van der Waals surface area contributed by atoms with E-state index in [1.54, 1.807) is 44.2 Å². The molecule has 9 amide bonds. The number of imide groups is 2. The third-order valence-corrected chi connectivity index (χ3v) is 14.8. The molecule has 1 atom stereocenters. The number of hydrogen-bond donors (Lipinski definition) is 7. The van der Waals surface area contributed by atoms with Gasteiger partial charge in [0.15, 0.2) is 11.6 Å². The molecule has 1 unspecified atom stereocenters. The fourth-order valence-corrected chi connectivity index (χ4v) is 10.3. The molecule has 3 aliphatic rings. The van der Waals surface area contributed by atoms with Gasteiger partial charge >= 0.3 is 6.03 Å². The number of imidazole rings is 1. The van der Waals surface area contributed by atoms with Gasteiger partial charge in [0.1, 0.15) is 35.7 Å². The highest BCUT2D eigenvalue weighted by Crippen LogP contribution is 2.35. The van der Waals surface area contributed by atoms with Crippen molar-refractivity contribution < 1.29 is 52.9 Å². The number of ether oxygens (including phenoxy) is 2. The number of nitrogens with one attached hydrogen (secondary N) is 6. The quantitative estimate of drug-likeness (QED) is 0.0127. The Morgan fingerprint density at radius 3 is 2.28 bits per heavy atom. The first kappa shape index (κ1) is 57.0. The van der Waals surface area contributed by atoms with Crippen LogP contribution in [0.4, 0.5) is 10.5 Å². The van der Waals surface area contributed by atoms with E-state index in [-0.39, 0.29) is 78.5 Å². The molecule has 0 saturated carbocycles. The highest BCUT2D eigenvalue weighted by atomic mass is 32.1. The van der Waals surface area contributed by atoms with Crippen molar-refractivity contribution in [3.63, 3.8) is 0 Å². The van der Waals surface area contributed by atoms with E-state index in [0.29, 0.717) is 45.0 Å². The van der Waals surface area contributed by atoms with Crippen LogP contribution in [-0.4, -0.2) is 147 Å². The number of unbranched alkanes of at least 4 members (excludes halogenated alkanes) is 5. The Balaban J connectivity index is 0.635. The van der Waals surface area contributed by atoms with E-state index in [0.717, 1.165) is 88.7 Å². The predicted molar refractivity (Wildman–Crippen MR) is 296 cm³/mol. The third kappa shape index (κ3) is 14.9. The first-order chi connectivity index (χ1) is 37.9. The van der Waals surface area contributed by atoms with Gasteiger partial charge in [-0.1, -0.05) is 76.0 Å². The number of fused-ring (bicyclic) bond motifs is 4. The molecule has 79 heavy (non-hydrogen) atoms. The number of amides is 9. The average Bonchev–Trinajstić information content (AvgIpc) is 4.28. The lowest BCUT2D eigenvalue weighted by molar-refractivity contribution is -0.136. The number of amidine groups is 1. The first-order valence-electron chi connectivity index (χ1n) is 26.7. The Morgan fingerprint density at radius 2 is 1.57 bits per heavy atom. The predicted octanol–water partition coefficient (Wildman–Crippen LogP) is 6.16. The molecule has 23 heteroatoms. The topological polar surface area (TPSA) is 286 Å². The van der Waals surface area contributed by atoms with Crippen molar-refractivity contribution >= 4 is 85.4 Å². The molecule has 5 heterocycles. The molecule has 0 aliphatic carbocycles. The van der Waals surface area contributed by atoms with Gasteiger partial charge in [-0.2, -0.15) is 0 Å². The molecular weight excluding hydrogens is 1030 g/mol. The fraction of sp³-hybridized carbons (Fsp3) is 0.429. The molecular formula is C56H67N11O11S. The van der Waals surface area contributed by atoms with Crippen LogP contribution in [0.2, 0.25) is 0 Å². The van der Waals surface area contributed by atoms with Gasteiger partial charge < -0.3 is 35.4 Å². The number of aliphatic hydroxyl groups excluding tert-OH is 1. The van der Waals surface area contributed by atoms with Gasteiger partial charge in [0.05, 0.1) is 27.0 Å². The minimum absolute atomic E-state index is 0.00835. The number of hydrogen-bond acceptors (Lipinski definition) is 15. The summed E-state index contributed by atoms with van der Waals surface area (Å²) >= 11 is 1.56. The molecule has 2 fully saturated rings. The summed E-state index contributed by atoms with van der Waals surface area (Å²) in [7, 11) is 0. The largest absolute Gasteiger partial charge is 0.512 e. The highest BCUT2D eigenvalue weighted by Gasteiger charge is 2.46. The smallest absolute Gasteiger partial charge is 0.324 e. The molecule has 418 valence electrons. The van der Waals surface area contributed by atoms with Gasteiger partial charge in [-0.05, 0) is 61.7 Å². The molecule has 22 nitrogen and oxygen atoms in total. The van der Waals surface area contributed by atoms with Crippen molar-refractivity contribution in [1.82, 2.24) is 45.4 Å². The van der Waals surface area contributed by atoms with Gasteiger partial charge in [-0.25, -0.2) is 9.78 Å². The monoisotopic (exact) mass is 1100 g/mol. The number of aliphatic hydroxyl groups is 1. The maximum Gasteiger partial charge on any atom is 0.324 e. The van der Waals surface area contributed by atoms with Crippen LogP contribution in [0.3, 0.4) is 0 Å². The zero-order chi connectivity index (χ0) is 56.2. The van der Waals surface area contributed by atoms with Crippen molar-refractivity contribution in [2.75, 3.05) is 64.3 Å². The van der Waals surface area contributed by atoms with Gasteiger partial charge in [0.2, 0.25) is 23.6 Å². The summed E-state index contributed by atoms with van der Waals surface area (Å²) in [5, 5.41) is 31.1. The number of allylic oxidation sites excluding steroid dienone is 1. The molecule has 3 aromatic carbocycles. The third-order valence-electron chi connectivity index (χ3n) is 13.8. The minimum Gasteiger partial charge on any atom is -0.512 e. The summed E-state index contributed by atoms with van der Waals surface area (Å²) in [5.41, 5.74) is 2.71. The highest BCUT2D eigenvalue weighted by molar-refractivity contribution is 7.23. The summed E-state index contributed by atoms with van der Waals surface area (Å²) < 4.78 is 14.9. The Bertz CT molecular complexity index is 3150. The van der Waals surface area contributed by atoms with Crippen LogP contribution in [0, 0.1) is 10.8 Å². The van der Waals surface area contributed by atoms with Crippen LogP contribution in [0.25, 0.3) is 26.4 Å². The van der Waals surface area contributed by atoms with Crippen molar-refractivity contribution in [2.24, 2.45) is 5.41 Å². The second kappa shape index (κ2) is 26.0. The Morgan fingerprint density at radius 1 is 0.861 bits per heavy atom. The van der Waals surface area contributed by atoms with Gasteiger partial charge in [-0.15, -0.1) is 0 Å². The number of nitrogens with zero attached hydrogens (tertiary/aromatic N) is 5. The van der Waals surface area contributed by atoms with E-state index < -0.39 is 41.1 Å². The maximum absolute atomic E-state index is 13.2. The Labute approximate surface area is 460 Å². The minimum atomic E-state index is -1.10. The lowest BCUT2D eigenvalue weighted by atomic mass is 9.93. The van der Waals surface area contributed by atoms with Crippen LogP contribution >= 0.6 is 11.3 Å². The summed E-state index contributed by atoms with van der Waals surface area (Å²) in [4.78, 5) is 111. The molecule has 0 spiro atoms. The number of thiazole rings is 1. The van der Waals surface area contributed by atoms with Crippen molar-refractivity contribution in [2.45, 2.75) is 91.0 Å². The Hall–Kier alpha value is -8.18. The van der Waals surface area contributed by atoms with E-state index in [2.05, 4.69) is 31.5 Å². The molecule has 8 rings (SSSR count). The van der Waals surface area contributed by atoms with E-state index >= 15 is 0 Å².